The van der Waals surface area contributed by atoms with Gasteiger partial charge < -0.3 is 19.5 Å². The molecule has 190 valence electrons. The normalized spacial score (nSPS) is 12.5. The van der Waals surface area contributed by atoms with Crippen molar-refractivity contribution in [3.63, 3.8) is 0 Å². The first-order valence-electron chi connectivity index (χ1n) is 12.0. The molecule has 3 aromatic carbocycles. The fraction of sp³-hybridized carbons (Fsp3) is 0.333. The van der Waals surface area contributed by atoms with Crippen LogP contribution in [0.1, 0.15) is 56.2 Å². The lowest BCUT2D eigenvalue weighted by atomic mass is 9.98. The Hall–Kier alpha value is -3.80. The number of hydrogen-bond acceptors (Lipinski definition) is 5. The second kappa shape index (κ2) is 12.8. The van der Waals surface area contributed by atoms with E-state index in [4.69, 9.17) is 14.2 Å². The van der Waals surface area contributed by atoms with Crippen molar-refractivity contribution in [1.29, 1.82) is 0 Å². The molecular formula is C30H35NO5. The first-order chi connectivity index (χ1) is 17.1. The van der Waals surface area contributed by atoms with E-state index in [1.54, 1.807) is 7.11 Å². The third kappa shape index (κ3) is 6.25. The smallest absolute Gasteiger partial charge is 0.407 e. The topological polar surface area (TPSA) is 73.9 Å². The number of carbonyl (C=O) groups excluding carboxylic acids is 2. The van der Waals surface area contributed by atoms with Crippen LogP contribution in [0.5, 0.6) is 5.75 Å². The van der Waals surface area contributed by atoms with Crippen molar-refractivity contribution in [1.82, 2.24) is 5.32 Å². The Morgan fingerprint density at radius 2 is 1.50 bits per heavy atom. The molecule has 0 unspecified atom stereocenters. The minimum Gasteiger partial charge on any atom is -0.497 e. The van der Waals surface area contributed by atoms with Crippen LogP contribution in [0, 0.1) is 0 Å². The van der Waals surface area contributed by atoms with Gasteiger partial charge in [0.15, 0.2) is 0 Å². The molecule has 1 aliphatic carbocycles. The maximum absolute atomic E-state index is 12.8. The molecule has 3 aromatic rings. The van der Waals surface area contributed by atoms with Gasteiger partial charge in [0.05, 0.1) is 7.11 Å². The predicted octanol–water partition coefficient (Wildman–Crippen LogP) is 6.47. The summed E-state index contributed by atoms with van der Waals surface area (Å²) < 4.78 is 16.3. The minimum atomic E-state index is -0.760. The average molecular weight is 490 g/mol. The molecule has 6 heteroatoms. The van der Waals surface area contributed by atoms with Crippen LogP contribution in [0.3, 0.4) is 0 Å². The van der Waals surface area contributed by atoms with Crippen molar-refractivity contribution in [3.05, 3.63) is 89.5 Å². The van der Waals surface area contributed by atoms with Crippen molar-refractivity contribution < 1.29 is 23.8 Å². The van der Waals surface area contributed by atoms with E-state index in [1.165, 1.54) is 11.1 Å². The number of methoxy groups -OCH3 is 1. The number of carbonyl (C=O) groups is 2. The number of esters is 1. The quantitative estimate of drug-likeness (QED) is 0.330. The summed E-state index contributed by atoms with van der Waals surface area (Å²) in [6.45, 7) is 2.35. The van der Waals surface area contributed by atoms with E-state index in [0.717, 1.165) is 35.3 Å². The maximum Gasteiger partial charge on any atom is 0.407 e. The summed E-state index contributed by atoms with van der Waals surface area (Å²) in [5.41, 5.74) is 5.46. The van der Waals surface area contributed by atoms with Crippen LogP contribution in [-0.2, 0) is 20.9 Å². The number of amides is 1. The number of ether oxygens (including phenoxy) is 3. The van der Waals surface area contributed by atoms with E-state index in [1.807, 2.05) is 55.5 Å². The highest BCUT2D eigenvalue weighted by molar-refractivity contribution is 5.82. The van der Waals surface area contributed by atoms with E-state index < -0.39 is 18.1 Å². The molecule has 0 fully saturated rings. The summed E-state index contributed by atoms with van der Waals surface area (Å²) in [5, 5.41) is 2.72. The molecule has 4 rings (SSSR count). The zero-order valence-corrected chi connectivity index (χ0v) is 20.2. The van der Waals surface area contributed by atoms with Crippen LogP contribution in [0.25, 0.3) is 11.1 Å². The number of hydrogen-bond donors (Lipinski definition) is 1. The third-order valence-corrected chi connectivity index (χ3v) is 6.31. The molecule has 0 heterocycles. The molecule has 0 bridgehead atoms. The summed E-state index contributed by atoms with van der Waals surface area (Å²) >= 11 is 0. The molecule has 1 N–H and O–H groups in total. The molecule has 36 heavy (non-hydrogen) atoms. The van der Waals surface area contributed by atoms with E-state index >= 15 is 0 Å². The number of fused-ring (bicyclic) bond motifs is 3. The molecular weight excluding hydrogens is 454 g/mol. The number of unbranched alkanes of at least 4 members (excludes halogenated alkanes) is 1. The molecule has 0 spiro atoms. The van der Waals surface area contributed by atoms with Gasteiger partial charge in [0, 0.05) is 5.92 Å². The Morgan fingerprint density at radius 1 is 0.889 bits per heavy atom. The molecule has 6 nitrogen and oxygen atoms in total. The summed E-state index contributed by atoms with van der Waals surface area (Å²) in [6, 6.07) is 22.9. The lowest BCUT2D eigenvalue weighted by molar-refractivity contribution is -0.147. The van der Waals surface area contributed by atoms with E-state index in [0.29, 0.717) is 6.42 Å². The van der Waals surface area contributed by atoms with Crippen molar-refractivity contribution in [2.75, 3.05) is 13.7 Å². The molecule has 0 saturated heterocycles. The van der Waals surface area contributed by atoms with Crippen molar-refractivity contribution in [3.8, 4) is 16.9 Å². The Kier molecular flexibility index (Phi) is 9.51. The minimum absolute atomic E-state index is 0. The molecule has 1 atom stereocenters. The van der Waals surface area contributed by atoms with Crippen LogP contribution >= 0.6 is 0 Å². The van der Waals surface area contributed by atoms with E-state index in [2.05, 4.69) is 29.6 Å². The zero-order valence-electron chi connectivity index (χ0n) is 20.2. The van der Waals surface area contributed by atoms with Gasteiger partial charge in [-0.05, 0) is 46.4 Å². The highest BCUT2D eigenvalue weighted by Crippen LogP contribution is 2.44. The van der Waals surface area contributed by atoms with Crippen molar-refractivity contribution in [2.45, 2.75) is 52.2 Å². The lowest BCUT2D eigenvalue weighted by Crippen LogP contribution is -2.42. The highest BCUT2D eigenvalue weighted by Gasteiger charge is 2.30. The summed E-state index contributed by atoms with van der Waals surface area (Å²) in [7, 11) is 1.60. The van der Waals surface area contributed by atoms with Crippen LogP contribution in [0.4, 0.5) is 4.79 Å². The van der Waals surface area contributed by atoms with Gasteiger partial charge in [0.25, 0.3) is 0 Å². The second-order valence-corrected chi connectivity index (χ2v) is 8.62. The Labute approximate surface area is 213 Å². The Balaban J connectivity index is 0.00000361. The SMILES string of the molecule is C.CCCC[C@@H](NC(=O)OCC1c2ccccc2-c2ccccc21)C(=O)OCc1ccc(OC)cc1. The number of alkyl carbamates (subject to hydrolysis) is 1. The molecule has 0 saturated carbocycles. The Bertz CT molecular complexity index is 1110. The van der Waals surface area contributed by atoms with Gasteiger partial charge in [0.2, 0.25) is 0 Å². The van der Waals surface area contributed by atoms with Crippen molar-refractivity contribution >= 4 is 12.1 Å². The molecule has 0 aliphatic heterocycles. The van der Waals surface area contributed by atoms with E-state index in [-0.39, 0.29) is 26.6 Å². The highest BCUT2D eigenvalue weighted by atomic mass is 16.6. The first-order valence-corrected chi connectivity index (χ1v) is 12.0. The van der Waals surface area contributed by atoms with Crippen molar-refractivity contribution in [2.24, 2.45) is 0 Å². The summed E-state index contributed by atoms with van der Waals surface area (Å²) in [4.78, 5) is 25.4. The van der Waals surface area contributed by atoms with Crippen LogP contribution in [0.2, 0.25) is 0 Å². The number of nitrogens with one attached hydrogen (secondary N) is 1. The second-order valence-electron chi connectivity index (χ2n) is 8.62. The lowest BCUT2D eigenvalue weighted by Gasteiger charge is -2.19. The average Bonchev–Trinajstić information content (AvgIpc) is 3.22. The van der Waals surface area contributed by atoms with Gasteiger partial charge >= 0.3 is 12.1 Å². The first kappa shape index (κ1) is 26.8. The monoisotopic (exact) mass is 489 g/mol. The van der Waals surface area contributed by atoms with Crippen LogP contribution in [-0.4, -0.2) is 31.8 Å². The molecule has 1 aliphatic rings. The fourth-order valence-corrected chi connectivity index (χ4v) is 4.42. The summed E-state index contributed by atoms with van der Waals surface area (Å²) in [5.74, 6) is 0.227. The fourth-order valence-electron chi connectivity index (χ4n) is 4.42. The predicted molar refractivity (Wildman–Crippen MR) is 141 cm³/mol. The largest absolute Gasteiger partial charge is 0.497 e. The zero-order chi connectivity index (χ0) is 24.6. The Morgan fingerprint density at radius 3 is 2.08 bits per heavy atom. The maximum atomic E-state index is 12.8. The van der Waals surface area contributed by atoms with Gasteiger partial charge in [-0.2, -0.15) is 0 Å². The number of rotatable bonds is 10. The van der Waals surface area contributed by atoms with E-state index in [9.17, 15) is 9.59 Å². The van der Waals surface area contributed by atoms with Gasteiger partial charge in [0.1, 0.15) is 25.0 Å². The molecule has 0 radical (unpaired) electrons. The van der Waals surface area contributed by atoms with Crippen LogP contribution in [0.15, 0.2) is 72.8 Å². The molecule has 0 aromatic heterocycles. The third-order valence-electron chi connectivity index (χ3n) is 6.31. The van der Waals surface area contributed by atoms with Gasteiger partial charge in [-0.3, -0.25) is 0 Å². The van der Waals surface area contributed by atoms with Gasteiger partial charge in [-0.25, -0.2) is 9.59 Å². The van der Waals surface area contributed by atoms with Gasteiger partial charge in [-0.15, -0.1) is 0 Å². The van der Waals surface area contributed by atoms with Crippen LogP contribution < -0.4 is 10.1 Å². The molecule has 1 amide bonds. The number of benzene rings is 3. The van der Waals surface area contributed by atoms with Gasteiger partial charge in [-0.1, -0.05) is 87.9 Å². The summed E-state index contributed by atoms with van der Waals surface area (Å²) in [6.07, 6.45) is 1.55. The standard InChI is InChI=1S/C29H31NO5.CH4/c1-3-4-13-27(28(31)34-18-20-14-16-21(33-2)17-15-20)30-29(32)35-19-26-24-11-7-5-9-22(24)23-10-6-8-12-25(23)26;/h5-12,14-17,26-27H,3-4,13,18-19H2,1-2H3,(H,30,32);1H4/t27-;/m1./s1.